The van der Waals surface area contributed by atoms with Gasteiger partial charge >= 0.3 is 11.9 Å². The Kier molecular flexibility index (Phi) is 4.27. The molecule has 1 aromatic rings. The lowest BCUT2D eigenvalue weighted by Crippen LogP contribution is -2.37. The first-order chi connectivity index (χ1) is 10.5. The van der Waals surface area contributed by atoms with Crippen molar-refractivity contribution >= 4 is 17.7 Å². The fourth-order valence-electron chi connectivity index (χ4n) is 2.60. The van der Waals surface area contributed by atoms with Crippen molar-refractivity contribution in [3.05, 3.63) is 34.9 Å². The van der Waals surface area contributed by atoms with Crippen LogP contribution in [-0.2, 0) is 20.7 Å². The van der Waals surface area contributed by atoms with Crippen LogP contribution in [0.15, 0.2) is 18.2 Å². The fraction of sp³-hybridized carbons (Fsp3) is 0.375. The van der Waals surface area contributed by atoms with Gasteiger partial charge in [0.1, 0.15) is 5.41 Å². The van der Waals surface area contributed by atoms with E-state index in [2.05, 4.69) is 9.47 Å². The molecule has 0 amide bonds. The fourth-order valence-corrected chi connectivity index (χ4v) is 2.60. The van der Waals surface area contributed by atoms with Crippen LogP contribution in [0.5, 0.6) is 0 Å². The molecular weight excluding hydrogens is 286 g/mol. The Balaban J connectivity index is 2.45. The maximum Gasteiger partial charge on any atom is 0.337 e. The van der Waals surface area contributed by atoms with E-state index in [0.29, 0.717) is 12.0 Å². The molecule has 1 aliphatic rings. The van der Waals surface area contributed by atoms with Gasteiger partial charge in [-0.15, -0.1) is 0 Å². The van der Waals surface area contributed by atoms with Crippen molar-refractivity contribution in [2.45, 2.75) is 19.3 Å². The highest BCUT2D eigenvalue weighted by atomic mass is 16.5. The third-order valence-corrected chi connectivity index (χ3v) is 3.92. The molecule has 0 N–H and O–H groups in total. The lowest BCUT2D eigenvalue weighted by atomic mass is 9.69. The Bertz CT molecular complexity index is 688. The summed E-state index contributed by atoms with van der Waals surface area (Å²) >= 11 is 0. The van der Waals surface area contributed by atoms with Crippen molar-refractivity contribution < 1.29 is 23.9 Å². The molecule has 6 nitrogen and oxygen atoms in total. The molecule has 0 bridgehead atoms. The third kappa shape index (κ3) is 2.58. The van der Waals surface area contributed by atoms with Crippen LogP contribution >= 0.6 is 0 Å². The van der Waals surface area contributed by atoms with Gasteiger partial charge in [0.05, 0.1) is 32.3 Å². The topological polar surface area (TPSA) is 93.5 Å². The molecule has 1 aliphatic carbocycles. The van der Waals surface area contributed by atoms with Crippen LogP contribution in [0, 0.1) is 16.7 Å². The SMILES string of the molecule is COC(=O)CC1(C#N)CCc2ccc(C(=O)OC)cc2C1=O. The van der Waals surface area contributed by atoms with Gasteiger partial charge in [-0.1, -0.05) is 6.07 Å². The minimum absolute atomic E-state index is 0.237. The highest BCUT2D eigenvalue weighted by Crippen LogP contribution is 2.38. The molecule has 0 radical (unpaired) electrons. The molecule has 1 atom stereocenters. The number of Topliss-reactive ketones (excluding diaryl/α,β-unsaturated/α-hetero) is 1. The molecule has 1 unspecified atom stereocenters. The number of fused-ring (bicyclic) bond motifs is 1. The second kappa shape index (κ2) is 5.98. The number of hydrogen-bond donors (Lipinski definition) is 0. The molecule has 0 saturated carbocycles. The summed E-state index contributed by atoms with van der Waals surface area (Å²) in [5.74, 6) is -1.62. The predicted molar refractivity (Wildman–Crippen MR) is 75.1 cm³/mol. The Morgan fingerprint density at radius 2 is 2.05 bits per heavy atom. The molecule has 0 saturated heterocycles. The summed E-state index contributed by atoms with van der Waals surface area (Å²) in [5.41, 5.74) is -0.149. The van der Waals surface area contributed by atoms with E-state index in [-0.39, 0.29) is 18.4 Å². The Morgan fingerprint density at radius 3 is 2.64 bits per heavy atom. The first-order valence-corrected chi connectivity index (χ1v) is 6.71. The quantitative estimate of drug-likeness (QED) is 0.788. The normalized spacial score (nSPS) is 19.8. The molecule has 22 heavy (non-hydrogen) atoms. The first kappa shape index (κ1) is 15.7. The van der Waals surface area contributed by atoms with Gasteiger partial charge in [0, 0.05) is 5.56 Å². The number of rotatable bonds is 3. The van der Waals surface area contributed by atoms with Crippen LogP contribution in [0.25, 0.3) is 0 Å². The van der Waals surface area contributed by atoms with Gasteiger partial charge in [-0.05, 0) is 30.5 Å². The second-order valence-corrected chi connectivity index (χ2v) is 5.14. The first-order valence-electron chi connectivity index (χ1n) is 6.71. The van der Waals surface area contributed by atoms with Crippen LogP contribution in [0.4, 0.5) is 0 Å². The Hall–Kier alpha value is -2.68. The molecule has 6 heteroatoms. The van der Waals surface area contributed by atoms with Gasteiger partial charge in [-0.25, -0.2) is 4.79 Å². The molecule has 0 aromatic heterocycles. The summed E-state index contributed by atoms with van der Waals surface area (Å²) in [6, 6.07) is 6.65. The summed E-state index contributed by atoms with van der Waals surface area (Å²) in [6.07, 6.45) is 0.440. The van der Waals surface area contributed by atoms with Crippen LogP contribution in [0.3, 0.4) is 0 Å². The minimum atomic E-state index is -1.44. The third-order valence-electron chi connectivity index (χ3n) is 3.92. The van der Waals surface area contributed by atoms with E-state index in [9.17, 15) is 19.6 Å². The van der Waals surface area contributed by atoms with E-state index in [1.165, 1.54) is 20.3 Å². The highest BCUT2D eigenvalue weighted by molar-refractivity contribution is 6.07. The van der Waals surface area contributed by atoms with Crippen LogP contribution in [0.2, 0.25) is 0 Å². The summed E-state index contributed by atoms with van der Waals surface area (Å²) < 4.78 is 9.21. The van der Waals surface area contributed by atoms with Gasteiger partial charge in [0.2, 0.25) is 0 Å². The molecule has 0 fully saturated rings. The van der Waals surface area contributed by atoms with Gasteiger partial charge in [-0.3, -0.25) is 9.59 Å². The number of aryl methyl sites for hydroxylation is 1. The average Bonchev–Trinajstić information content (AvgIpc) is 2.56. The number of methoxy groups -OCH3 is 2. The summed E-state index contributed by atoms with van der Waals surface area (Å²) in [5, 5.41) is 9.44. The zero-order chi connectivity index (χ0) is 16.3. The zero-order valence-corrected chi connectivity index (χ0v) is 12.3. The van der Waals surface area contributed by atoms with E-state index in [4.69, 9.17) is 0 Å². The zero-order valence-electron chi connectivity index (χ0n) is 12.3. The van der Waals surface area contributed by atoms with Crippen LogP contribution in [-0.4, -0.2) is 31.9 Å². The Morgan fingerprint density at radius 1 is 1.32 bits per heavy atom. The van der Waals surface area contributed by atoms with E-state index in [1.54, 1.807) is 12.1 Å². The van der Waals surface area contributed by atoms with E-state index >= 15 is 0 Å². The Labute approximate surface area is 127 Å². The standard InChI is InChI=1S/C16H15NO5/c1-21-13(18)8-16(9-17)6-5-10-3-4-11(15(20)22-2)7-12(10)14(16)19/h3-4,7H,5-6,8H2,1-2H3. The summed E-state index contributed by atoms with van der Waals surface area (Å²) in [7, 11) is 2.46. The number of nitriles is 1. The van der Waals surface area contributed by atoms with Gasteiger partial charge in [0.25, 0.3) is 0 Å². The second-order valence-electron chi connectivity index (χ2n) is 5.14. The molecule has 0 spiro atoms. The maximum absolute atomic E-state index is 12.7. The number of carbonyl (C=O) groups excluding carboxylic acids is 3. The maximum atomic E-state index is 12.7. The van der Waals surface area contributed by atoms with Gasteiger partial charge in [-0.2, -0.15) is 5.26 Å². The van der Waals surface area contributed by atoms with Crippen LogP contribution in [0.1, 0.15) is 39.1 Å². The lowest BCUT2D eigenvalue weighted by Gasteiger charge is -2.29. The molecular formula is C16H15NO5. The number of ketones is 1. The lowest BCUT2D eigenvalue weighted by molar-refractivity contribution is -0.142. The minimum Gasteiger partial charge on any atom is -0.469 e. The molecule has 0 aliphatic heterocycles. The van der Waals surface area contributed by atoms with Gasteiger partial charge in [0.15, 0.2) is 5.78 Å². The number of ether oxygens (including phenoxy) is 2. The summed E-state index contributed by atoms with van der Waals surface area (Å²) in [6.45, 7) is 0. The molecule has 114 valence electrons. The molecule has 1 aromatic carbocycles. The highest BCUT2D eigenvalue weighted by Gasteiger charge is 2.45. The van der Waals surface area contributed by atoms with Crippen molar-refractivity contribution in [3.63, 3.8) is 0 Å². The molecule has 0 heterocycles. The molecule has 2 rings (SSSR count). The van der Waals surface area contributed by atoms with Crippen molar-refractivity contribution in [1.82, 2.24) is 0 Å². The number of esters is 2. The van der Waals surface area contributed by atoms with Crippen molar-refractivity contribution in [3.8, 4) is 6.07 Å². The predicted octanol–water partition coefficient (Wildman–Crippen LogP) is 1.68. The number of benzene rings is 1. The smallest absolute Gasteiger partial charge is 0.337 e. The number of nitrogens with zero attached hydrogens (tertiary/aromatic N) is 1. The van der Waals surface area contributed by atoms with Crippen LogP contribution < -0.4 is 0 Å². The number of hydrogen-bond acceptors (Lipinski definition) is 6. The van der Waals surface area contributed by atoms with E-state index < -0.39 is 23.1 Å². The van der Waals surface area contributed by atoms with E-state index in [0.717, 1.165) is 5.56 Å². The van der Waals surface area contributed by atoms with Gasteiger partial charge < -0.3 is 9.47 Å². The summed E-state index contributed by atoms with van der Waals surface area (Å²) in [4.78, 5) is 35.8. The van der Waals surface area contributed by atoms with Crippen molar-refractivity contribution in [1.29, 1.82) is 5.26 Å². The van der Waals surface area contributed by atoms with Crippen molar-refractivity contribution in [2.24, 2.45) is 5.41 Å². The monoisotopic (exact) mass is 301 g/mol. The largest absolute Gasteiger partial charge is 0.469 e. The van der Waals surface area contributed by atoms with Crippen molar-refractivity contribution in [2.75, 3.05) is 14.2 Å². The number of carbonyl (C=O) groups is 3. The average molecular weight is 301 g/mol. The van der Waals surface area contributed by atoms with E-state index in [1.807, 2.05) is 6.07 Å².